The molecular formula is C17H27N3O5. The zero-order valence-corrected chi connectivity index (χ0v) is 15.2. The van der Waals surface area contributed by atoms with Gasteiger partial charge in [0, 0.05) is 18.5 Å². The van der Waals surface area contributed by atoms with Crippen LogP contribution in [0.5, 0.6) is 0 Å². The van der Waals surface area contributed by atoms with Gasteiger partial charge in [-0.3, -0.25) is 9.69 Å². The van der Waals surface area contributed by atoms with Gasteiger partial charge in [-0.2, -0.15) is 0 Å². The molecule has 4 atom stereocenters. The lowest BCUT2D eigenvalue weighted by atomic mass is 10.1. The predicted molar refractivity (Wildman–Crippen MR) is 90.5 cm³/mol. The highest BCUT2D eigenvalue weighted by Gasteiger charge is 2.61. The van der Waals surface area contributed by atoms with Gasteiger partial charge in [0.2, 0.25) is 5.91 Å². The highest BCUT2D eigenvalue weighted by Crippen LogP contribution is 2.45. The molecule has 140 valence electrons. The molecule has 1 heterocycles. The van der Waals surface area contributed by atoms with Crippen molar-refractivity contribution in [1.82, 2.24) is 10.2 Å². The number of hydrogen-bond donors (Lipinski definition) is 2. The van der Waals surface area contributed by atoms with Crippen molar-refractivity contribution in [2.75, 3.05) is 13.7 Å². The fraction of sp³-hybridized carbons (Fsp3) is 0.706. The third kappa shape index (κ3) is 3.95. The Balaban J connectivity index is 2.12. The summed E-state index contributed by atoms with van der Waals surface area (Å²) >= 11 is 0. The number of ether oxygens (including phenoxy) is 2. The summed E-state index contributed by atoms with van der Waals surface area (Å²) < 4.78 is 10.2. The van der Waals surface area contributed by atoms with Crippen LogP contribution in [0, 0.1) is 5.92 Å². The quantitative estimate of drug-likeness (QED) is 0.564. The lowest BCUT2D eigenvalue weighted by Crippen LogP contribution is -2.53. The Morgan fingerprint density at radius 3 is 2.48 bits per heavy atom. The van der Waals surface area contributed by atoms with E-state index in [0.29, 0.717) is 12.8 Å². The summed E-state index contributed by atoms with van der Waals surface area (Å²) in [5.41, 5.74) is 4.16. The number of carbonyl (C=O) groups is 3. The van der Waals surface area contributed by atoms with Crippen LogP contribution < -0.4 is 11.1 Å². The molecule has 1 saturated heterocycles. The molecule has 8 heteroatoms. The second-order valence-electron chi connectivity index (χ2n) is 7.64. The Hall–Kier alpha value is -2.09. The SMILES string of the molecule is C=C[C@@H]1CC1(NC(=O)[C@@H]1C[C@H](N)CN1C(=O)OC(C)(C)C)C(=O)OC. The predicted octanol–water partition coefficient (Wildman–Crippen LogP) is 0.557. The van der Waals surface area contributed by atoms with Crippen molar-refractivity contribution in [2.24, 2.45) is 11.7 Å². The lowest BCUT2D eigenvalue weighted by Gasteiger charge is -2.29. The van der Waals surface area contributed by atoms with Gasteiger partial charge in [-0.25, -0.2) is 9.59 Å². The Bertz CT molecular complexity index is 585. The molecular weight excluding hydrogens is 326 g/mol. The zero-order valence-electron chi connectivity index (χ0n) is 15.2. The van der Waals surface area contributed by atoms with Crippen molar-refractivity contribution < 1.29 is 23.9 Å². The molecule has 2 fully saturated rings. The van der Waals surface area contributed by atoms with E-state index in [9.17, 15) is 14.4 Å². The maximum absolute atomic E-state index is 12.8. The van der Waals surface area contributed by atoms with Gasteiger partial charge in [0.1, 0.15) is 17.2 Å². The van der Waals surface area contributed by atoms with Crippen LogP contribution in [-0.4, -0.2) is 59.7 Å². The molecule has 3 N–H and O–H groups in total. The van der Waals surface area contributed by atoms with E-state index in [4.69, 9.17) is 15.2 Å². The molecule has 2 aliphatic rings. The van der Waals surface area contributed by atoms with Crippen molar-refractivity contribution in [1.29, 1.82) is 0 Å². The van der Waals surface area contributed by atoms with E-state index in [1.165, 1.54) is 12.0 Å². The summed E-state index contributed by atoms with van der Waals surface area (Å²) in [4.78, 5) is 38.5. The smallest absolute Gasteiger partial charge is 0.411 e. The third-order valence-electron chi connectivity index (χ3n) is 4.46. The minimum atomic E-state index is -1.10. The van der Waals surface area contributed by atoms with Crippen LogP contribution in [0.15, 0.2) is 12.7 Å². The molecule has 0 aromatic carbocycles. The molecule has 8 nitrogen and oxygen atoms in total. The van der Waals surface area contributed by atoms with Gasteiger partial charge >= 0.3 is 12.1 Å². The van der Waals surface area contributed by atoms with Crippen molar-refractivity contribution in [3.63, 3.8) is 0 Å². The number of esters is 1. The fourth-order valence-electron chi connectivity index (χ4n) is 3.13. The number of methoxy groups -OCH3 is 1. The van der Waals surface area contributed by atoms with E-state index in [1.54, 1.807) is 26.8 Å². The molecule has 1 aliphatic carbocycles. The van der Waals surface area contributed by atoms with E-state index < -0.39 is 35.2 Å². The van der Waals surface area contributed by atoms with Gasteiger partial charge in [-0.05, 0) is 33.6 Å². The first-order chi connectivity index (χ1) is 11.5. The first-order valence-corrected chi connectivity index (χ1v) is 8.32. The molecule has 0 radical (unpaired) electrons. The van der Waals surface area contributed by atoms with Gasteiger partial charge < -0.3 is 20.5 Å². The fourth-order valence-corrected chi connectivity index (χ4v) is 3.13. The van der Waals surface area contributed by atoms with Gasteiger partial charge in [0.15, 0.2) is 0 Å². The molecule has 25 heavy (non-hydrogen) atoms. The number of nitrogens with two attached hydrogens (primary N) is 1. The first kappa shape index (κ1) is 19.2. The summed E-state index contributed by atoms with van der Waals surface area (Å²) in [6, 6.07) is -1.11. The molecule has 2 rings (SSSR count). The topological polar surface area (TPSA) is 111 Å². The summed E-state index contributed by atoms with van der Waals surface area (Å²) in [7, 11) is 1.27. The van der Waals surface area contributed by atoms with Gasteiger partial charge in [-0.1, -0.05) is 6.08 Å². The normalized spacial score (nSPS) is 31.2. The molecule has 0 aromatic rings. The van der Waals surface area contributed by atoms with E-state index in [-0.39, 0.29) is 18.5 Å². The average molecular weight is 353 g/mol. The Labute approximate surface area is 147 Å². The highest BCUT2D eigenvalue weighted by molar-refractivity contribution is 5.94. The number of nitrogens with one attached hydrogen (secondary N) is 1. The second-order valence-corrected chi connectivity index (χ2v) is 7.64. The van der Waals surface area contributed by atoms with Gasteiger partial charge in [0.25, 0.3) is 0 Å². The van der Waals surface area contributed by atoms with E-state index in [0.717, 1.165) is 0 Å². The Kier molecular flexibility index (Phi) is 5.13. The maximum atomic E-state index is 12.8. The number of nitrogens with zero attached hydrogens (tertiary/aromatic N) is 1. The van der Waals surface area contributed by atoms with Crippen molar-refractivity contribution in [3.8, 4) is 0 Å². The largest absolute Gasteiger partial charge is 0.467 e. The summed E-state index contributed by atoms with van der Waals surface area (Å²) in [6.45, 7) is 9.15. The minimum absolute atomic E-state index is 0.186. The average Bonchev–Trinajstić information content (AvgIpc) is 3.07. The highest BCUT2D eigenvalue weighted by atomic mass is 16.6. The van der Waals surface area contributed by atoms with Gasteiger partial charge in [-0.15, -0.1) is 6.58 Å². The van der Waals surface area contributed by atoms with E-state index in [2.05, 4.69) is 11.9 Å². The molecule has 0 spiro atoms. The Morgan fingerprint density at radius 1 is 1.36 bits per heavy atom. The van der Waals surface area contributed by atoms with Crippen LogP contribution in [-0.2, 0) is 19.1 Å². The number of likely N-dealkylation sites (tertiary alicyclic amines) is 1. The molecule has 1 aliphatic heterocycles. The minimum Gasteiger partial charge on any atom is -0.467 e. The van der Waals surface area contributed by atoms with Crippen LogP contribution in [0.3, 0.4) is 0 Å². The molecule has 2 amide bonds. The van der Waals surface area contributed by atoms with Crippen LogP contribution in [0.1, 0.15) is 33.6 Å². The maximum Gasteiger partial charge on any atom is 0.411 e. The zero-order chi connectivity index (χ0) is 19.0. The Morgan fingerprint density at radius 2 is 2.00 bits per heavy atom. The monoisotopic (exact) mass is 353 g/mol. The molecule has 0 aromatic heterocycles. The van der Waals surface area contributed by atoms with E-state index in [1.807, 2.05) is 0 Å². The summed E-state index contributed by atoms with van der Waals surface area (Å²) in [5.74, 6) is -1.14. The van der Waals surface area contributed by atoms with Crippen LogP contribution in [0.4, 0.5) is 4.79 Å². The molecule has 0 bridgehead atoms. The number of rotatable bonds is 4. The van der Waals surface area contributed by atoms with Crippen LogP contribution in [0.25, 0.3) is 0 Å². The van der Waals surface area contributed by atoms with Crippen molar-refractivity contribution in [3.05, 3.63) is 12.7 Å². The van der Waals surface area contributed by atoms with E-state index >= 15 is 0 Å². The second kappa shape index (κ2) is 6.67. The van der Waals surface area contributed by atoms with Crippen molar-refractivity contribution >= 4 is 18.0 Å². The standard InChI is InChI=1S/C17H27N3O5/c1-6-10-8-17(10,14(22)24-5)19-13(21)12-7-11(18)9-20(12)15(23)25-16(2,3)4/h6,10-12H,1,7-9,18H2,2-5H3,(H,19,21)/t10-,11+,12+,17?/m1/s1. The third-order valence-corrected chi connectivity index (χ3v) is 4.46. The number of hydrogen-bond acceptors (Lipinski definition) is 6. The molecule has 1 saturated carbocycles. The van der Waals surface area contributed by atoms with Crippen molar-refractivity contribution in [2.45, 2.75) is 56.8 Å². The molecule has 1 unspecified atom stereocenters. The number of carbonyl (C=O) groups excluding carboxylic acids is 3. The van der Waals surface area contributed by atoms with Gasteiger partial charge in [0.05, 0.1) is 7.11 Å². The first-order valence-electron chi connectivity index (χ1n) is 8.32. The lowest BCUT2D eigenvalue weighted by molar-refractivity contribution is -0.147. The summed E-state index contributed by atoms with van der Waals surface area (Å²) in [6.07, 6.45) is 1.76. The number of amides is 2. The van der Waals surface area contributed by atoms with Crippen LogP contribution in [0.2, 0.25) is 0 Å². The van der Waals surface area contributed by atoms with Crippen LogP contribution >= 0.6 is 0 Å². The summed E-state index contributed by atoms with van der Waals surface area (Å²) in [5, 5.41) is 2.74.